The van der Waals surface area contributed by atoms with Crippen LogP contribution in [0.3, 0.4) is 0 Å². The maximum absolute atomic E-state index is 12.9. The molecule has 2 aromatic heterocycles. The summed E-state index contributed by atoms with van der Waals surface area (Å²) in [4.78, 5) is 25.0. The SMILES string of the molecule is CC.CC.CCc1cc2nn(C3CCCCC3)cc2cc1NC(=O)c1cccc(C(F)(F)F)n1.COC=O. The quantitative estimate of drug-likeness (QED) is 0.339. The fourth-order valence-corrected chi connectivity index (χ4v) is 3.98. The molecular formula is C28H39F3N4O3. The van der Waals surface area contributed by atoms with Gasteiger partial charge in [0.2, 0.25) is 0 Å². The number of carbonyl (C=O) groups excluding carboxylic acids is 2. The molecule has 1 amide bonds. The molecule has 1 aliphatic rings. The van der Waals surface area contributed by atoms with Gasteiger partial charge < -0.3 is 10.1 Å². The molecule has 1 aliphatic carbocycles. The zero-order valence-corrected chi connectivity index (χ0v) is 23.1. The average molecular weight is 537 g/mol. The smallest absolute Gasteiger partial charge is 0.433 e. The van der Waals surface area contributed by atoms with Crippen LogP contribution < -0.4 is 5.32 Å². The first-order chi connectivity index (χ1) is 18.3. The first-order valence-electron chi connectivity index (χ1n) is 13.1. The van der Waals surface area contributed by atoms with Crippen LogP contribution in [0.15, 0.2) is 36.5 Å². The first kappa shape index (κ1) is 32.6. The Morgan fingerprint density at radius 2 is 1.76 bits per heavy atom. The van der Waals surface area contributed by atoms with Gasteiger partial charge in [0.05, 0.1) is 18.7 Å². The Bertz CT molecular complexity index is 1140. The molecule has 1 fully saturated rings. The second-order valence-corrected chi connectivity index (χ2v) is 8.01. The third-order valence-corrected chi connectivity index (χ3v) is 5.69. The maximum Gasteiger partial charge on any atom is 0.433 e. The lowest BCUT2D eigenvalue weighted by Crippen LogP contribution is -2.17. The van der Waals surface area contributed by atoms with Crippen LogP contribution in [-0.4, -0.2) is 34.3 Å². The van der Waals surface area contributed by atoms with E-state index in [0.717, 1.165) is 35.4 Å². The van der Waals surface area contributed by atoms with E-state index >= 15 is 0 Å². The number of hydrogen-bond donors (Lipinski definition) is 1. The lowest BCUT2D eigenvalue weighted by atomic mass is 9.96. The number of anilines is 1. The van der Waals surface area contributed by atoms with Gasteiger partial charge in [-0.1, -0.05) is 59.9 Å². The van der Waals surface area contributed by atoms with Gasteiger partial charge >= 0.3 is 6.18 Å². The van der Waals surface area contributed by atoms with Crippen molar-refractivity contribution in [2.45, 2.75) is 85.4 Å². The molecule has 0 atom stereocenters. The number of hydrogen-bond acceptors (Lipinski definition) is 5. The van der Waals surface area contributed by atoms with Gasteiger partial charge in [-0.05, 0) is 49.1 Å². The summed E-state index contributed by atoms with van der Waals surface area (Å²) in [5.41, 5.74) is 0.932. The number of pyridine rings is 1. The van der Waals surface area contributed by atoms with Crippen LogP contribution in [0, 0.1) is 0 Å². The predicted molar refractivity (Wildman–Crippen MR) is 144 cm³/mol. The summed E-state index contributed by atoms with van der Waals surface area (Å²) in [6.45, 7) is 10.3. The number of aryl methyl sites for hydroxylation is 1. The molecule has 7 nitrogen and oxygen atoms in total. The molecule has 4 rings (SSSR count). The normalized spacial score (nSPS) is 13.1. The molecule has 0 unspecified atom stereocenters. The van der Waals surface area contributed by atoms with E-state index in [0.29, 0.717) is 24.6 Å². The van der Waals surface area contributed by atoms with Crippen molar-refractivity contribution in [2.75, 3.05) is 12.4 Å². The minimum absolute atomic E-state index is 0.273. The standard InChI is InChI=1S/C22H23F3N4O.C2H4O2.2C2H6/c1-2-14-11-19-15(13-29(28-19)16-7-4-3-5-8-16)12-18(14)27-21(30)17-9-6-10-20(26-17)22(23,24)25;1-4-2-3;2*1-2/h6,9-13,16H,2-5,7-8H2,1H3,(H,27,30);2H,1H3;2*1-2H3. The van der Waals surface area contributed by atoms with E-state index in [9.17, 15) is 18.0 Å². The Hall–Kier alpha value is -3.43. The van der Waals surface area contributed by atoms with Crippen LogP contribution in [-0.2, 0) is 22.1 Å². The molecule has 0 bridgehead atoms. The monoisotopic (exact) mass is 536 g/mol. The summed E-state index contributed by atoms with van der Waals surface area (Å²) in [7, 11) is 1.31. The predicted octanol–water partition coefficient (Wildman–Crippen LogP) is 7.61. The number of carbonyl (C=O) groups is 2. The summed E-state index contributed by atoms with van der Waals surface area (Å²) in [5.74, 6) is -0.671. The molecule has 2 heterocycles. The summed E-state index contributed by atoms with van der Waals surface area (Å²) < 4.78 is 44.6. The highest BCUT2D eigenvalue weighted by Crippen LogP contribution is 2.31. The Morgan fingerprint density at radius 1 is 1.13 bits per heavy atom. The lowest BCUT2D eigenvalue weighted by Gasteiger charge is -2.21. The number of nitrogens with zero attached hydrogens (tertiary/aromatic N) is 3. The number of halogens is 3. The van der Waals surface area contributed by atoms with E-state index in [1.165, 1.54) is 38.5 Å². The number of methoxy groups -OCH3 is 1. The molecular weight excluding hydrogens is 497 g/mol. The van der Waals surface area contributed by atoms with Crippen molar-refractivity contribution in [3.05, 3.63) is 53.5 Å². The third-order valence-electron chi connectivity index (χ3n) is 5.69. The van der Waals surface area contributed by atoms with E-state index in [2.05, 4.69) is 15.0 Å². The molecule has 0 saturated heterocycles. The van der Waals surface area contributed by atoms with Crippen molar-refractivity contribution in [1.29, 1.82) is 0 Å². The van der Waals surface area contributed by atoms with Crippen LogP contribution in [0.25, 0.3) is 10.9 Å². The number of aromatic nitrogens is 3. The molecule has 1 N–H and O–H groups in total. The molecule has 0 radical (unpaired) electrons. The molecule has 38 heavy (non-hydrogen) atoms. The van der Waals surface area contributed by atoms with Crippen molar-refractivity contribution in [1.82, 2.24) is 14.8 Å². The maximum atomic E-state index is 12.9. The topological polar surface area (TPSA) is 86.1 Å². The first-order valence-corrected chi connectivity index (χ1v) is 13.1. The van der Waals surface area contributed by atoms with Crippen LogP contribution in [0.4, 0.5) is 18.9 Å². The van der Waals surface area contributed by atoms with Gasteiger partial charge in [-0.15, -0.1) is 0 Å². The molecule has 210 valence electrons. The van der Waals surface area contributed by atoms with E-state index in [1.807, 2.05) is 57.6 Å². The van der Waals surface area contributed by atoms with Gasteiger partial charge in [-0.2, -0.15) is 18.3 Å². The van der Waals surface area contributed by atoms with Gasteiger partial charge in [0.25, 0.3) is 12.4 Å². The number of benzene rings is 1. The molecule has 1 saturated carbocycles. The Labute approximate surface area is 222 Å². The number of alkyl halides is 3. The van der Waals surface area contributed by atoms with Crippen LogP contribution in [0.5, 0.6) is 0 Å². The Morgan fingerprint density at radius 3 is 2.32 bits per heavy atom. The summed E-state index contributed by atoms with van der Waals surface area (Å²) in [5, 5.41) is 8.35. The van der Waals surface area contributed by atoms with Crippen LogP contribution >= 0.6 is 0 Å². The summed E-state index contributed by atoms with van der Waals surface area (Å²) in [6.07, 6.45) is 3.92. The van der Waals surface area contributed by atoms with Gasteiger partial charge in [0.1, 0.15) is 11.4 Å². The molecule has 3 aromatic rings. The van der Waals surface area contributed by atoms with Crippen molar-refractivity contribution in [2.24, 2.45) is 0 Å². The van der Waals surface area contributed by atoms with E-state index in [-0.39, 0.29) is 5.69 Å². The third kappa shape index (κ3) is 9.15. The second-order valence-electron chi connectivity index (χ2n) is 8.01. The summed E-state index contributed by atoms with van der Waals surface area (Å²) in [6, 6.07) is 7.47. The van der Waals surface area contributed by atoms with E-state index in [4.69, 9.17) is 9.89 Å². The van der Waals surface area contributed by atoms with Gasteiger partial charge in [0, 0.05) is 17.3 Å². The zero-order chi connectivity index (χ0) is 28.7. The minimum Gasteiger partial charge on any atom is -0.471 e. The lowest BCUT2D eigenvalue weighted by molar-refractivity contribution is -0.141. The number of fused-ring (bicyclic) bond motifs is 1. The van der Waals surface area contributed by atoms with Crippen LogP contribution in [0.1, 0.15) is 94.5 Å². The van der Waals surface area contributed by atoms with Gasteiger partial charge in [-0.25, -0.2) is 4.98 Å². The van der Waals surface area contributed by atoms with Gasteiger partial charge in [-0.3, -0.25) is 14.3 Å². The zero-order valence-electron chi connectivity index (χ0n) is 23.1. The highest BCUT2D eigenvalue weighted by molar-refractivity contribution is 6.04. The highest BCUT2D eigenvalue weighted by atomic mass is 19.4. The molecule has 1 aromatic carbocycles. The summed E-state index contributed by atoms with van der Waals surface area (Å²) >= 11 is 0. The van der Waals surface area contributed by atoms with E-state index < -0.39 is 17.8 Å². The average Bonchev–Trinajstić information content (AvgIpc) is 3.38. The van der Waals surface area contributed by atoms with Crippen molar-refractivity contribution >= 4 is 29.0 Å². The number of nitrogens with one attached hydrogen (secondary N) is 1. The van der Waals surface area contributed by atoms with Crippen molar-refractivity contribution in [3.8, 4) is 0 Å². The number of rotatable bonds is 5. The molecule has 0 spiro atoms. The fraction of sp³-hybridized carbons (Fsp3) is 0.500. The van der Waals surface area contributed by atoms with Crippen molar-refractivity contribution in [3.63, 3.8) is 0 Å². The number of ether oxygens (including phenoxy) is 1. The highest BCUT2D eigenvalue weighted by Gasteiger charge is 2.33. The van der Waals surface area contributed by atoms with Crippen molar-refractivity contribution < 1.29 is 27.5 Å². The Kier molecular flexibility index (Phi) is 14.1. The number of amides is 1. The van der Waals surface area contributed by atoms with Crippen LogP contribution in [0.2, 0.25) is 0 Å². The Balaban J connectivity index is 0.000000811. The second kappa shape index (κ2) is 16.4. The van der Waals surface area contributed by atoms with Gasteiger partial charge in [0.15, 0.2) is 0 Å². The molecule has 0 aliphatic heterocycles. The fourth-order valence-electron chi connectivity index (χ4n) is 3.98. The van der Waals surface area contributed by atoms with E-state index in [1.54, 1.807) is 0 Å². The largest absolute Gasteiger partial charge is 0.471 e. The molecule has 10 heteroatoms. The minimum atomic E-state index is -4.60.